The van der Waals surface area contributed by atoms with Crippen molar-refractivity contribution in [3.05, 3.63) is 44.8 Å². The fourth-order valence-electron chi connectivity index (χ4n) is 1.67. The Hall–Kier alpha value is -0.660. The van der Waals surface area contributed by atoms with Crippen LogP contribution in [0.1, 0.15) is 11.8 Å². The average molecular weight is 351 g/mol. The molecule has 0 saturated carbocycles. The molecule has 0 fully saturated rings. The Kier molecular flexibility index (Phi) is 5.04. The van der Waals surface area contributed by atoms with Crippen LogP contribution in [0.25, 0.3) is 0 Å². The maximum Gasteiger partial charge on any atom is 0.246 e. The van der Waals surface area contributed by atoms with Crippen molar-refractivity contribution in [2.24, 2.45) is 0 Å². The van der Waals surface area contributed by atoms with Crippen molar-refractivity contribution in [1.82, 2.24) is 9.29 Å². The smallest absolute Gasteiger partial charge is 0.246 e. The number of nitrogens with zero attached hydrogens (tertiary/aromatic N) is 2. The molecule has 2 heterocycles. The van der Waals surface area contributed by atoms with Crippen LogP contribution in [0, 0.1) is 0 Å². The van der Waals surface area contributed by atoms with Gasteiger partial charge in [-0.15, -0.1) is 11.3 Å². The first-order valence-corrected chi connectivity index (χ1v) is 8.80. The summed E-state index contributed by atoms with van der Waals surface area (Å²) in [6.45, 7) is 2.38. The Morgan fingerprint density at radius 1 is 1.30 bits per heavy atom. The molecule has 20 heavy (non-hydrogen) atoms. The molecule has 2 aromatic heterocycles. The largest absolute Gasteiger partial charge is 0.263 e. The molecule has 0 aromatic carbocycles. The summed E-state index contributed by atoms with van der Waals surface area (Å²) in [5, 5.41) is 0.169. The molecule has 0 aliphatic rings. The molecule has 0 unspecified atom stereocenters. The number of thiophene rings is 1. The zero-order valence-electron chi connectivity index (χ0n) is 10.6. The third-order valence-electron chi connectivity index (χ3n) is 2.67. The SMILES string of the molecule is CCN(Cc1ccc(Cl)s1)S(=O)(=O)c1cnccc1Cl. The summed E-state index contributed by atoms with van der Waals surface area (Å²) >= 11 is 13.2. The quantitative estimate of drug-likeness (QED) is 0.826. The van der Waals surface area contributed by atoms with Gasteiger partial charge in [-0.1, -0.05) is 30.1 Å². The molecule has 0 saturated heterocycles. The van der Waals surface area contributed by atoms with Gasteiger partial charge >= 0.3 is 0 Å². The lowest BCUT2D eigenvalue weighted by atomic mass is 10.4. The topological polar surface area (TPSA) is 50.3 Å². The van der Waals surface area contributed by atoms with Crippen molar-refractivity contribution >= 4 is 44.6 Å². The van der Waals surface area contributed by atoms with Crippen LogP contribution in [0.3, 0.4) is 0 Å². The van der Waals surface area contributed by atoms with E-state index >= 15 is 0 Å². The van der Waals surface area contributed by atoms with E-state index in [2.05, 4.69) is 4.98 Å². The van der Waals surface area contributed by atoms with E-state index in [1.165, 1.54) is 34.1 Å². The molecule has 0 aliphatic heterocycles. The standard InChI is InChI=1S/C12H12Cl2N2O2S2/c1-2-16(8-9-3-4-12(14)19-9)20(17,18)11-7-15-6-5-10(11)13/h3-7H,2,8H2,1H3. The normalized spacial score (nSPS) is 12.0. The van der Waals surface area contributed by atoms with Gasteiger partial charge in [0.05, 0.1) is 9.36 Å². The van der Waals surface area contributed by atoms with Crippen molar-refractivity contribution in [3.8, 4) is 0 Å². The molecule has 4 nitrogen and oxygen atoms in total. The second-order valence-electron chi connectivity index (χ2n) is 3.94. The minimum atomic E-state index is -3.67. The van der Waals surface area contributed by atoms with Gasteiger partial charge in [0.15, 0.2) is 0 Å². The summed E-state index contributed by atoms with van der Waals surface area (Å²) in [6.07, 6.45) is 2.72. The predicted molar refractivity (Wildman–Crippen MR) is 81.8 cm³/mol. The molecule has 0 bridgehead atoms. The lowest BCUT2D eigenvalue weighted by molar-refractivity contribution is 0.426. The van der Waals surface area contributed by atoms with Crippen LogP contribution < -0.4 is 0 Å². The summed E-state index contributed by atoms with van der Waals surface area (Å²) < 4.78 is 27.1. The van der Waals surface area contributed by atoms with Crippen molar-refractivity contribution in [2.75, 3.05) is 6.54 Å². The summed E-state index contributed by atoms with van der Waals surface area (Å²) in [6, 6.07) is 5.03. The minimum absolute atomic E-state index is 0.0196. The van der Waals surface area contributed by atoms with Crippen LogP contribution in [0.4, 0.5) is 0 Å². The zero-order valence-corrected chi connectivity index (χ0v) is 13.7. The third-order valence-corrected chi connectivity index (χ3v) is 6.27. The Morgan fingerprint density at radius 3 is 2.60 bits per heavy atom. The molecule has 0 radical (unpaired) electrons. The maximum atomic E-state index is 12.6. The first-order chi connectivity index (χ1) is 9.45. The fraction of sp³-hybridized carbons (Fsp3) is 0.250. The van der Waals surface area contributed by atoms with Crippen LogP contribution in [0.15, 0.2) is 35.5 Å². The van der Waals surface area contributed by atoms with E-state index in [0.29, 0.717) is 10.9 Å². The fourth-order valence-corrected chi connectivity index (χ4v) is 4.69. The lowest BCUT2D eigenvalue weighted by Gasteiger charge is -2.20. The second-order valence-corrected chi connectivity index (χ2v) is 8.06. The summed E-state index contributed by atoms with van der Waals surface area (Å²) in [5.74, 6) is 0. The number of pyridine rings is 1. The van der Waals surface area contributed by atoms with Gasteiger partial charge in [0, 0.05) is 30.4 Å². The molecule has 0 spiro atoms. The Bertz CT molecular complexity index is 701. The summed E-state index contributed by atoms with van der Waals surface area (Å²) in [4.78, 5) is 4.73. The van der Waals surface area contributed by atoms with Gasteiger partial charge in [-0.05, 0) is 18.2 Å². The number of aromatic nitrogens is 1. The highest BCUT2D eigenvalue weighted by Crippen LogP contribution is 2.27. The molecular formula is C12H12Cl2N2O2S2. The van der Waals surface area contributed by atoms with Gasteiger partial charge in [0.25, 0.3) is 0 Å². The van der Waals surface area contributed by atoms with Crippen LogP contribution >= 0.6 is 34.5 Å². The highest BCUT2D eigenvalue weighted by molar-refractivity contribution is 7.89. The number of sulfonamides is 1. The first-order valence-electron chi connectivity index (χ1n) is 5.79. The number of halogens is 2. The number of hydrogen-bond donors (Lipinski definition) is 0. The van der Waals surface area contributed by atoms with E-state index in [0.717, 1.165) is 4.88 Å². The molecule has 0 N–H and O–H groups in total. The molecule has 108 valence electrons. The predicted octanol–water partition coefficient (Wildman–Crippen LogP) is 3.66. The Labute approximate surface area is 132 Å². The van der Waals surface area contributed by atoms with Gasteiger partial charge < -0.3 is 0 Å². The monoisotopic (exact) mass is 350 g/mol. The second kappa shape index (κ2) is 6.41. The summed E-state index contributed by atoms with van der Waals surface area (Å²) in [5.41, 5.74) is 0. The lowest BCUT2D eigenvalue weighted by Crippen LogP contribution is -2.30. The highest BCUT2D eigenvalue weighted by atomic mass is 35.5. The molecule has 8 heteroatoms. The first kappa shape index (κ1) is 15.7. The molecule has 0 aliphatic carbocycles. The molecular weight excluding hydrogens is 339 g/mol. The molecule has 2 aromatic rings. The number of hydrogen-bond acceptors (Lipinski definition) is 4. The Morgan fingerprint density at radius 2 is 2.05 bits per heavy atom. The van der Waals surface area contributed by atoms with Crippen LogP contribution in [0.5, 0.6) is 0 Å². The van der Waals surface area contributed by atoms with Gasteiger partial charge in [-0.25, -0.2) is 8.42 Å². The van der Waals surface area contributed by atoms with Gasteiger partial charge in [-0.3, -0.25) is 4.98 Å². The zero-order chi connectivity index (χ0) is 14.8. The maximum absolute atomic E-state index is 12.6. The summed E-state index contributed by atoms with van der Waals surface area (Å²) in [7, 11) is -3.67. The number of rotatable bonds is 5. The van der Waals surface area contributed by atoms with Crippen LogP contribution in [0.2, 0.25) is 9.36 Å². The average Bonchev–Trinajstić information content (AvgIpc) is 2.81. The van der Waals surface area contributed by atoms with E-state index in [9.17, 15) is 8.42 Å². The van der Waals surface area contributed by atoms with Gasteiger partial charge in [0.2, 0.25) is 10.0 Å². The molecule has 2 rings (SSSR count). The van der Waals surface area contributed by atoms with E-state index < -0.39 is 10.0 Å². The van der Waals surface area contributed by atoms with Crippen molar-refractivity contribution in [3.63, 3.8) is 0 Å². The van der Waals surface area contributed by atoms with E-state index in [1.807, 2.05) is 6.07 Å². The van der Waals surface area contributed by atoms with E-state index in [4.69, 9.17) is 23.2 Å². The Balaban J connectivity index is 2.33. The van der Waals surface area contributed by atoms with E-state index in [-0.39, 0.29) is 16.5 Å². The van der Waals surface area contributed by atoms with Crippen LogP contribution in [-0.2, 0) is 16.6 Å². The molecule has 0 amide bonds. The van der Waals surface area contributed by atoms with E-state index in [1.54, 1.807) is 13.0 Å². The van der Waals surface area contributed by atoms with Gasteiger partial charge in [-0.2, -0.15) is 4.31 Å². The third kappa shape index (κ3) is 3.32. The molecule has 0 atom stereocenters. The van der Waals surface area contributed by atoms with Crippen LogP contribution in [-0.4, -0.2) is 24.3 Å². The van der Waals surface area contributed by atoms with Gasteiger partial charge in [0.1, 0.15) is 4.90 Å². The minimum Gasteiger partial charge on any atom is -0.263 e. The van der Waals surface area contributed by atoms with Crippen molar-refractivity contribution in [1.29, 1.82) is 0 Å². The van der Waals surface area contributed by atoms with Crippen molar-refractivity contribution < 1.29 is 8.42 Å². The highest BCUT2D eigenvalue weighted by Gasteiger charge is 2.26. The van der Waals surface area contributed by atoms with Crippen molar-refractivity contribution in [2.45, 2.75) is 18.4 Å².